The normalized spacial score (nSPS) is 39.3. The van der Waals surface area contributed by atoms with E-state index >= 15 is 0 Å². The van der Waals surface area contributed by atoms with Crippen molar-refractivity contribution in [2.75, 3.05) is 6.61 Å². The van der Waals surface area contributed by atoms with Gasteiger partial charge in [-0.2, -0.15) is 0 Å². The first kappa shape index (κ1) is 15.9. The molecule has 6 N–H and O–H groups in total. The van der Waals surface area contributed by atoms with Gasteiger partial charge in [-0.25, -0.2) is 0 Å². The Balaban J connectivity index is 2.23. The van der Waals surface area contributed by atoms with E-state index < -0.39 is 35.2 Å². The summed E-state index contributed by atoms with van der Waals surface area (Å²) in [4.78, 5) is 2.95. The maximum Gasteiger partial charge on any atom is 0.185 e. The lowest BCUT2D eigenvalue weighted by molar-refractivity contribution is -0.335. The zero-order chi connectivity index (χ0) is 16.1. The zero-order valence-corrected chi connectivity index (χ0v) is 12.9. The van der Waals surface area contributed by atoms with E-state index in [9.17, 15) is 25.5 Å². The number of aromatic nitrogens is 1. The number of aliphatic hydroxyl groups is 5. The van der Waals surface area contributed by atoms with Crippen LogP contribution in [0, 0.1) is 0 Å². The number of alkyl halides is 1. The Hall–Kier alpha value is -1.00. The predicted molar refractivity (Wildman–Crippen MR) is 80.0 cm³/mol. The van der Waals surface area contributed by atoms with E-state index in [1.807, 2.05) is 0 Å². The fraction of sp³-hybridized carbons (Fsp3) is 0.429. The number of hydrogen-bond donors (Lipinski definition) is 6. The van der Waals surface area contributed by atoms with Crippen molar-refractivity contribution in [2.24, 2.45) is 0 Å². The molecule has 2 aromatic rings. The van der Waals surface area contributed by atoms with Crippen molar-refractivity contribution >= 4 is 26.8 Å². The number of benzene rings is 1. The van der Waals surface area contributed by atoms with E-state index in [1.165, 1.54) is 6.20 Å². The number of rotatable bonds is 2. The quantitative estimate of drug-likeness (QED) is 0.394. The largest absolute Gasteiger partial charge is 0.392 e. The molecule has 1 saturated heterocycles. The summed E-state index contributed by atoms with van der Waals surface area (Å²) < 4.78 is 3.26. The van der Waals surface area contributed by atoms with Crippen LogP contribution in [0.1, 0.15) is 5.56 Å². The van der Waals surface area contributed by atoms with E-state index in [-0.39, 0.29) is 5.56 Å². The molecule has 22 heavy (non-hydrogen) atoms. The molecule has 1 aromatic carbocycles. The fourth-order valence-corrected chi connectivity index (χ4v) is 3.52. The van der Waals surface area contributed by atoms with Crippen LogP contribution in [0.5, 0.6) is 0 Å². The van der Waals surface area contributed by atoms with Crippen molar-refractivity contribution in [3.8, 4) is 0 Å². The fourth-order valence-electron chi connectivity index (χ4n) is 2.88. The van der Waals surface area contributed by atoms with Crippen molar-refractivity contribution in [1.29, 1.82) is 0 Å². The van der Waals surface area contributed by atoms with Crippen LogP contribution in [-0.4, -0.2) is 60.1 Å². The summed E-state index contributed by atoms with van der Waals surface area (Å²) in [6, 6.07) is 7.04. The number of aliphatic hydroxyl groups excluding tert-OH is 4. The van der Waals surface area contributed by atoms with Crippen molar-refractivity contribution in [3.63, 3.8) is 0 Å². The number of halogens is 1. The average Bonchev–Trinajstić information content (AvgIpc) is 2.95. The first-order valence-corrected chi connectivity index (χ1v) is 7.45. The van der Waals surface area contributed by atoms with E-state index in [4.69, 9.17) is 4.74 Å². The van der Waals surface area contributed by atoms with Crippen LogP contribution in [0.15, 0.2) is 30.5 Å². The van der Waals surface area contributed by atoms with Crippen molar-refractivity contribution in [1.82, 2.24) is 4.98 Å². The SMILES string of the molecule is OC[C@@]1(Br)O[C@@H](O)[C@H](O)[C@@H](O)[C@]1(O)c1c[nH]c2ccccc12. The van der Waals surface area contributed by atoms with Gasteiger partial charge in [0.05, 0.1) is 6.61 Å². The zero-order valence-electron chi connectivity index (χ0n) is 11.3. The van der Waals surface area contributed by atoms with Gasteiger partial charge in [-0.05, 0) is 22.0 Å². The molecule has 1 fully saturated rings. The van der Waals surface area contributed by atoms with Gasteiger partial charge >= 0.3 is 0 Å². The predicted octanol–water partition coefficient (Wildman–Crippen LogP) is -0.491. The third kappa shape index (κ3) is 1.96. The van der Waals surface area contributed by atoms with E-state index in [0.29, 0.717) is 10.9 Å². The molecule has 1 aromatic heterocycles. The lowest BCUT2D eigenvalue weighted by atomic mass is 9.78. The monoisotopic (exact) mass is 373 g/mol. The molecular weight excluding hydrogens is 358 g/mol. The maximum atomic E-state index is 11.1. The van der Waals surface area contributed by atoms with E-state index in [0.717, 1.165) is 0 Å². The summed E-state index contributed by atoms with van der Waals surface area (Å²) in [6.07, 6.45) is -3.82. The summed E-state index contributed by atoms with van der Waals surface area (Å²) in [6.45, 7) is -0.746. The van der Waals surface area contributed by atoms with Gasteiger partial charge in [0.1, 0.15) is 12.2 Å². The summed E-state index contributed by atoms with van der Waals surface area (Å²) in [5, 5.41) is 51.3. The van der Waals surface area contributed by atoms with Gasteiger partial charge in [0.15, 0.2) is 16.4 Å². The molecule has 0 unspecified atom stereocenters. The Bertz CT molecular complexity index is 693. The molecule has 5 atom stereocenters. The third-order valence-electron chi connectivity index (χ3n) is 4.12. The number of H-pyrrole nitrogens is 1. The second-order valence-electron chi connectivity index (χ2n) is 5.34. The topological polar surface area (TPSA) is 126 Å². The number of ether oxygens (including phenoxy) is 1. The first-order chi connectivity index (χ1) is 10.3. The Morgan fingerprint density at radius 1 is 1.23 bits per heavy atom. The molecule has 0 bridgehead atoms. The molecule has 1 aliphatic heterocycles. The maximum absolute atomic E-state index is 11.1. The Labute approximate surface area is 133 Å². The number of nitrogens with one attached hydrogen (secondary N) is 1. The van der Waals surface area contributed by atoms with E-state index in [2.05, 4.69) is 20.9 Å². The summed E-state index contributed by atoms with van der Waals surface area (Å²) in [5.41, 5.74) is -1.26. The minimum atomic E-state index is -2.19. The Kier molecular flexibility index (Phi) is 3.81. The summed E-state index contributed by atoms with van der Waals surface area (Å²) in [5.74, 6) is 0. The standard InChI is InChI=1S/C14H16BrNO6/c15-13(6-17)14(21,11(19)10(18)12(20)22-13)8-5-16-9-4-2-1-3-7(8)9/h1-5,10-12,16-21H,6H2/t10-,11-,12-,13-,14-/m1/s1. The van der Waals surface area contributed by atoms with Crippen LogP contribution in [-0.2, 0) is 10.3 Å². The highest BCUT2D eigenvalue weighted by atomic mass is 79.9. The first-order valence-electron chi connectivity index (χ1n) is 6.66. The van der Waals surface area contributed by atoms with Crippen LogP contribution in [0.3, 0.4) is 0 Å². The van der Waals surface area contributed by atoms with Crippen LogP contribution >= 0.6 is 15.9 Å². The second kappa shape index (κ2) is 5.27. The smallest absolute Gasteiger partial charge is 0.185 e. The van der Waals surface area contributed by atoms with Gasteiger partial charge in [0.25, 0.3) is 0 Å². The van der Waals surface area contributed by atoms with E-state index in [1.54, 1.807) is 24.3 Å². The molecule has 0 aliphatic carbocycles. The molecule has 0 saturated carbocycles. The molecule has 2 heterocycles. The van der Waals surface area contributed by atoms with Gasteiger partial charge in [-0.3, -0.25) is 0 Å². The third-order valence-corrected chi connectivity index (χ3v) is 5.17. The number of fused-ring (bicyclic) bond motifs is 1. The van der Waals surface area contributed by atoms with Gasteiger partial charge in [0.2, 0.25) is 0 Å². The lowest BCUT2D eigenvalue weighted by Crippen LogP contribution is -2.69. The highest BCUT2D eigenvalue weighted by molar-refractivity contribution is 9.10. The van der Waals surface area contributed by atoms with Crippen molar-refractivity contribution < 1.29 is 30.3 Å². The van der Waals surface area contributed by atoms with Gasteiger partial charge in [-0.1, -0.05) is 18.2 Å². The minimum absolute atomic E-state index is 0.229. The molecule has 3 rings (SSSR count). The summed E-state index contributed by atoms with van der Waals surface area (Å²) >= 11 is 3.07. The molecule has 0 radical (unpaired) electrons. The molecular formula is C14H16BrNO6. The highest BCUT2D eigenvalue weighted by Crippen LogP contribution is 2.49. The molecule has 120 valence electrons. The van der Waals surface area contributed by atoms with Crippen LogP contribution in [0.4, 0.5) is 0 Å². The average molecular weight is 374 g/mol. The lowest BCUT2D eigenvalue weighted by Gasteiger charge is -2.51. The summed E-state index contributed by atoms with van der Waals surface area (Å²) in [7, 11) is 0. The number of hydrogen-bond acceptors (Lipinski definition) is 6. The van der Waals surface area contributed by atoms with Crippen molar-refractivity contribution in [3.05, 3.63) is 36.0 Å². The Morgan fingerprint density at radius 2 is 1.91 bits per heavy atom. The van der Waals surface area contributed by atoms with Crippen LogP contribution in [0.25, 0.3) is 10.9 Å². The Morgan fingerprint density at radius 3 is 2.59 bits per heavy atom. The van der Waals surface area contributed by atoms with Crippen LogP contribution < -0.4 is 0 Å². The van der Waals surface area contributed by atoms with Gasteiger partial charge in [-0.15, -0.1) is 0 Å². The molecule has 0 amide bonds. The van der Waals surface area contributed by atoms with Gasteiger partial charge in [0, 0.05) is 22.7 Å². The molecule has 1 aliphatic rings. The van der Waals surface area contributed by atoms with Crippen LogP contribution in [0.2, 0.25) is 0 Å². The number of aromatic amines is 1. The minimum Gasteiger partial charge on any atom is -0.392 e. The van der Waals surface area contributed by atoms with Gasteiger partial charge < -0.3 is 35.3 Å². The highest BCUT2D eigenvalue weighted by Gasteiger charge is 2.64. The second-order valence-corrected chi connectivity index (χ2v) is 6.63. The molecule has 0 spiro atoms. The molecule has 8 heteroatoms. The molecule has 7 nitrogen and oxygen atoms in total. The van der Waals surface area contributed by atoms with Crippen molar-refractivity contribution in [2.45, 2.75) is 28.6 Å². The number of para-hydroxylation sites is 1.